The van der Waals surface area contributed by atoms with Gasteiger partial charge in [-0.3, -0.25) is 4.79 Å². The predicted octanol–water partition coefficient (Wildman–Crippen LogP) is 4.20. The van der Waals surface area contributed by atoms with Gasteiger partial charge in [0.2, 0.25) is 5.91 Å². The molecule has 0 saturated heterocycles. The minimum atomic E-state index is -0.115. The minimum absolute atomic E-state index is 0.0243. The molecule has 0 aliphatic heterocycles. The quantitative estimate of drug-likeness (QED) is 0.747. The van der Waals surface area contributed by atoms with Crippen molar-refractivity contribution in [3.63, 3.8) is 0 Å². The summed E-state index contributed by atoms with van der Waals surface area (Å²) >= 11 is 1.65. The summed E-state index contributed by atoms with van der Waals surface area (Å²) in [5.41, 5.74) is 1.98. The molecule has 0 saturated carbocycles. The van der Waals surface area contributed by atoms with E-state index in [4.69, 9.17) is 0 Å². The van der Waals surface area contributed by atoms with Crippen LogP contribution in [0.5, 0.6) is 0 Å². The number of pyridine rings is 1. The zero-order valence-corrected chi connectivity index (χ0v) is 15.5. The molecule has 1 N–H and O–H groups in total. The van der Waals surface area contributed by atoms with E-state index in [-0.39, 0.29) is 11.3 Å². The maximum absolute atomic E-state index is 12.4. The van der Waals surface area contributed by atoms with E-state index >= 15 is 0 Å². The van der Waals surface area contributed by atoms with Gasteiger partial charge in [0.1, 0.15) is 5.82 Å². The number of nitrogens with zero attached hydrogens (tertiary/aromatic N) is 3. The number of thiophene rings is 1. The Morgan fingerprint density at radius 2 is 2.12 bits per heavy atom. The van der Waals surface area contributed by atoms with Gasteiger partial charge in [0.05, 0.1) is 5.69 Å². The van der Waals surface area contributed by atoms with Crippen molar-refractivity contribution in [3.8, 4) is 5.82 Å². The summed E-state index contributed by atoms with van der Waals surface area (Å²) in [6, 6.07) is 9.62. The number of anilines is 1. The largest absolute Gasteiger partial charge is 0.311 e. The first-order valence-corrected chi connectivity index (χ1v) is 9.20. The van der Waals surface area contributed by atoms with Crippen LogP contribution < -0.4 is 5.32 Å². The van der Waals surface area contributed by atoms with Crippen molar-refractivity contribution in [2.24, 2.45) is 0 Å². The van der Waals surface area contributed by atoms with Gasteiger partial charge in [-0.25, -0.2) is 4.98 Å². The molecule has 3 aromatic heterocycles. The van der Waals surface area contributed by atoms with Crippen LogP contribution in [0.4, 0.5) is 5.82 Å². The number of nitrogens with one attached hydrogen (secondary N) is 1. The molecule has 3 rings (SSSR count). The highest BCUT2D eigenvalue weighted by molar-refractivity contribution is 7.07. The monoisotopic (exact) mass is 354 g/mol. The fourth-order valence-corrected chi connectivity index (χ4v) is 3.09. The van der Waals surface area contributed by atoms with Gasteiger partial charge in [-0.05, 0) is 40.9 Å². The molecule has 0 aromatic carbocycles. The second-order valence-electron chi connectivity index (χ2n) is 6.94. The summed E-state index contributed by atoms with van der Waals surface area (Å²) in [7, 11) is 0. The number of carbonyl (C=O) groups excluding carboxylic acids is 1. The van der Waals surface area contributed by atoms with Crippen LogP contribution in [0.3, 0.4) is 0 Å². The van der Waals surface area contributed by atoms with Gasteiger partial charge in [-0.2, -0.15) is 21.1 Å². The second-order valence-corrected chi connectivity index (χ2v) is 7.72. The maximum Gasteiger partial charge on any atom is 0.225 e. The van der Waals surface area contributed by atoms with Gasteiger partial charge in [0.15, 0.2) is 5.82 Å². The average molecular weight is 354 g/mol. The molecule has 0 unspecified atom stereocenters. The summed E-state index contributed by atoms with van der Waals surface area (Å²) in [5, 5.41) is 11.7. The van der Waals surface area contributed by atoms with Gasteiger partial charge < -0.3 is 5.32 Å². The molecule has 0 atom stereocenters. The van der Waals surface area contributed by atoms with Crippen LogP contribution in [0.1, 0.15) is 38.4 Å². The van der Waals surface area contributed by atoms with Crippen molar-refractivity contribution >= 4 is 23.1 Å². The van der Waals surface area contributed by atoms with E-state index in [0.717, 1.165) is 12.1 Å². The lowest BCUT2D eigenvalue weighted by atomic mass is 9.92. The third-order valence-corrected chi connectivity index (χ3v) is 4.56. The summed E-state index contributed by atoms with van der Waals surface area (Å²) in [4.78, 5) is 16.7. The molecule has 0 bridgehead atoms. The molecule has 3 aromatic rings. The molecule has 25 heavy (non-hydrogen) atoms. The molecule has 0 aliphatic carbocycles. The minimum Gasteiger partial charge on any atom is -0.311 e. The summed E-state index contributed by atoms with van der Waals surface area (Å²) in [6.07, 6.45) is 2.89. The van der Waals surface area contributed by atoms with Gasteiger partial charge in [0, 0.05) is 24.1 Å². The summed E-state index contributed by atoms with van der Waals surface area (Å²) in [6.45, 7) is 6.29. The molecule has 3 heterocycles. The van der Waals surface area contributed by atoms with Crippen molar-refractivity contribution in [2.45, 2.75) is 39.0 Å². The predicted molar refractivity (Wildman–Crippen MR) is 101 cm³/mol. The smallest absolute Gasteiger partial charge is 0.225 e. The Balaban J connectivity index is 1.81. The number of aryl methyl sites for hydroxylation is 1. The van der Waals surface area contributed by atoms with E-state index < -0.39 is 0 Å². The first kappa shape index (κ1) is 17.4. The second kappa shape index (κ2) is 7.19. The molecule has 0 fully saturated rings. The number of rotatable bonds is 5. The lowest BCUT2D eigenvalue weighted by Gasteiger charge is -2.13. The van der Waals surface area contributed by atoms with Crippen molar-refractivity contribution in [2.75, 3.05) is 5.32 Å². The molecule has 0 spiro atoms. The van der Waals surface area contributed by atoms with E-state index in [9.17, 15) is 4.79 Å². The van der Waals surface area contributed by atoms with Crippen molar-refractivity contribution in [1.82, 2.24) is 14.8 Å². The number of amides is 1. The number of carbonyl (C=O) groups is 1. The van der Waals surface area contributed by atoms with Crippen LogP contribution in [0.25, 0.3) is 5.82 Å². The maximum atomic E-state index is 12.4. The van der Waals surface area contributed by atoms with Crippen molar-refractivity contribution in [3.05, 3.63) is 58.5 Å². The Kier molecular flexibility index (Phi) is 4.99. The zero-order valence-electron chi connectivity index (χ0n) is 14.7. The molecule has 0 radical (unpaired) electrons. The Morgan fingerprint density at radius 3 is 2.76 bits per heavy atom. The number of aromatic nitrogens is 3. The van der Waals surface area contributed by atoms with E-state index in [2.05, 4.69) is 41.6 Å². The Hall–Kier alpha value is -2.47. The summed E-state index contributed by atoms with van der Waals surface area (Å²) < 4.78 is 1.70. The van der Waals surface area contributed by atoms with E-state index in [1.165, 1.54) is 5.56 Å². The fraction of sp³-hybridized carbons (Fsp3) is 0.316. The molecule has 0 aliphatic rings. The Bertz CT molecular complexity index is 832. The first-order valence-electron chi connectivity index (χ1n) is 8.26. The Labute approximate surface area is 151 Å². The average Bonchev–Trinajstić information content (AvgIpc) is 3.23. The van der Waals surface area contributed by atoms with Crippen LogP contribution in [0.15, 0.2) is 47.3 Å². The normalized spacial score (nSPS) is 11.5. The zero-order chi connectivity index (χ0) is 17.9. The molecule has 130 valence electrons. The van der Waals surface area contributed by atoms with Crippen LogP contribution in [0, 0.1) is 0 Å². The van der Waals surface area contributed by atoms with E-state index in [1.54, 1.807) is 22.2 Å². The molecule has 6 heteroatoms. The molecular weight excluding hydrogens is 332 g/mol. The third-order valence-electron chi connectivity index (χ3n) is 3.83. The highest BCUT2D eigenvalue weighted by Gasteiger charge is 2.21. The van der Waals surface area contributed by atoms with E-state index in [0.29, 0.717) is 18.1 Å². The lowest BCUT2D eigenvalue weighted by molar-refractivity contribution is -0.116. The first-order chi connectivity index (χ1) is 11.9. The lowest BCUT2D eigenvalue weighted by Crippen LogP contribution is -2.16. The summed E-state index contributed by atoms with van der Waals surface area (Å²) in [5.74, 6) is 1.31. The molecule has 5 nitrogen and oxygen atoms in total. The Morgan fingerprint density at radius 1 is 1.28 bits per heavy atom. The van der Waals surface area contributed by atoms with E-state index in [1.807, 2.05) is 35.7 Å². The SMILES string of the molecule is CC(C)(C)c1cc(NC(=O)CCc2ccsc2)n(-c2ccccn2)n1. The molecular formula is C19H22N4OS. The highest BCUT2D eigenvalue weighted by Crippen LogP contribution is 2.25. The highest BCUT2D eigenvalue weighted by atomic mass is 32.1. The number of hydrogen-bond donors (Lipinski definition) is 1. The van der Waals surface area contributed by atoms with Crippen LogP contribution >= 0.6 is 11.3 Å². The van der Waals surface area contributed by atoms with Gasteiger partial charge in [-0.1, -0.05) is 26.8 Å². The van der Waals surface area contributed by atoms with Crippen molar-refractivity contribution < 1.29 is 4.79 Å². The van der Waals surface area contributed by atoms with Crippen LogP contribution in [-0.2, 0) is 16.6 Å². The molecule has 1 amide bonds. The van der Waals surface area contributed by atoms with Gasteiger partial charge in [0.25, 0.3) is 0 Å². The van der Waals surface area contributed by atoms with Gasteiger partial charge >= 0.3 is 0 Å². The topological polar surface area (TPSA) is 59.8 Å². The van der Waals surface area contributed by atoms with Gasteiger partial charge in [-0.15, -0.1) is 0 Å². The fourth-order valence-electron chi connectivity index (χ4n) is 2.39. The third kappa shape index (κ3) is 4.33. The van der Waals surface area contributed by atoms with Crippen molar-refractivity contribution in [1.29, 1.82) is 0 Å². The van der Waals surface area contributed by atoms with Crippen LogP contribution in [-0.4, -0.2) is 20.7 Å². The standard InChI is InChI=1S/C19H22N4OS/c1-19(2,3)15-12-17(23(22-15)16-6-4-5-10-20-16)21-18(24)8-7-14-9-11-25-13-14/h4-6,9-13H,7-8H2,1-3H3,(H,21,24). The number of hydrogen-bond acceptors (Lipinski definition) is 4. The van der Waals surface area contributed by atoms with Crippen LogP contribution in [0.2, 0.25) is 0 Å².